The third kappa shape index (κ3) is 3.13. The molecule has 7 heteroatoms. The van der Waals surface area contributed by atoms with E-state index >= 15 is 0 Å². The molecule has 2 N–H and O–H groups in total. The van der Waals surface area contributed by atoms with E-state index in [-0.39, 0.29) is 5.69 Å². The number of carboxylic acid groups (broad SMARTS) is 1. The van der Waals surface area contributed by atoms with Gasteiger partial charge in [0, 0.05) is 6.42 Å². The molecule has 114 valence electrons. The van der Waals surface area contributed by atoms with E-state index in [2.05, 4.69) is 10.3 Å². The minimum Gasteiger partial charge on any atom is -0.477 e. The van der Waals surface area contributed by atoms with E-state index in [0.29, 0.717) is 12.2 Å². The minimum absolute atomic E-state index is 0.0525. The van der Waals surface area contributed by atoms with Crippen molar-refractivity contribution in [3.05, 3.63) is 24.0 Å². The Labute approximate surface area is 122 Å². The number of cyclic esters (lactones) is 1. The second kappa shape index (κ2) is 6.09. The fraction of sp³-hybridized carbons (Fsp3) is 0.500. The molecule has 1 atom stereocenters. The normalized spacial score (nSPS) is 21.4. The average molecular weight is 293 g/mol. The number of aromatic carboxylic acids is 1. The van der Waals surface area contributed by atoms with Gasteiger partial charge in [0.05, 0.1) is 18.4 Å². The minimum atomic E-state index is -1.09. The molecule has 1 fully saturated rings. The van der Waals surface area contributed by atoms with Crippen molar-refractivity contribution < 1.29 is 19.4 Å². The smallest absolute Gasteiger partial charge is 0.415 e. The number of carbonyl (C=O) groups excluding carboxylic acids is 1. The first kappa shape index (κ1) is 15.2. The Morgan fingerprint density at radius 3 is 2.86 bits per heavy atom. The number of rotatable bonds is 6. The molecule has 1 unspecified atom stereocenters. The van der Waals surface area contributed by atoms with Gasteiger partial charge in [-0.25, -0.2) is 14.6 Å². The molecule has 2 heterocycles. The average Bonchev–Trinajstić information content (AvgIpc) is 2.83. The number of carbonyl (C=O) groups is 2. The number of nitrogens with one attached hydrogen (secondary N) is 1. The summed E-state index contributed by atoms with van der Waals surface area (Å²) >= 11 is 0. The van der Waals surface area contributed by atoms with E-state index in [0.717, 1.165) is 19.4 Å². The van der Waals surface area contributed by atoms with Gasteiger partial charge in [0.1, 0.15) is 11.3 Å². The zero-order chi connectivity index (χ0) is 15.5. The van der Waals surface area contributed by atoms with Crippen molar-refractivity contribution in [3.8, 4) is 0 Å². The molecule has 1 aromatic rings. The molecule has 1 amide bonds. The number of amides is 1. The van der Waals surface area contributed by atoms with Crippen LogP contribution in [0.4, 0.5) is 10.5 Å². The largest absolute Gasteiger partial charge is 0.477 e. The highest BCUT2D eigenvalue weighted by Crippen LogP contribution is 2.32. The van der Waals surface area contributed by atoms with Gasteiger partial charge in [-0.05, 0) is 32.1 Å². The Balaban J connectivity index is 2.17. The van der Waals surface area contributed by atoms with Crippen molar-refractivity contribution in [1.29, 1.82) is 0 Å². The Kier molecular flexibility index (Phi) is 4.42. The Morgan fingerprint density at radius 2 is 2.33 bits per heavy atom. The van der Waals surface area contributed by atoms with Gasteiger partial charge in [-0.3, -0.25) is 4.90 Å². The summed E-state index contributed by atoms with van der Waals surface area (Å²) in [5.41, 5.74) is -0.0148. The van der Waals surface area contributed by atoms with Crippen molar-refractivity contribution in [2.24, 2.45) is 0 Å². The molecule has 1 saturated heterocycles. The summed E-state index contributed by atoms with van der Waals surface area (Å²) in [5.74, 6) is -1.09. The molecular weight excluding hydrogens is 274 g/mol. The van der Waals surface area contributed by atoms with Crippen LogP contribution in [0.15, 0.2) is 18.3 Å². The third-order valence-corrected chi connectivity index (χ3v) is 3.72. The van der Waals surface area contributed by atoms with Crippen molar-refractivity contribution in [1.82, 2.24) is 10.3 Å². The van der Waals surface area contributed by atoms with Crippen LogP contribution in [-0.2, 0) is 4.74 Å². The zero-order valence-electron chi connectivity index (χ0n) is 12.1. The van der Waals surface area contributed by atoms with Crippen LogP contribution in [-0.4, -0.2) is 47.9 Å². The van der Waals surface area contributed by atoms with Gasteiger partial charge in [-0.1, -0.05) is 6.92 Å². The van der Waals surface area contributed by atoms with E-state index < -0.39 is 17.7 Å². The topological polar surface area (TPSA) is 91.8 Å². The molecule has 1 aliphatic heterocycles. The van der Waals surface area contributed by atoms with Crippen molar-refractivity contribution in [3.63, 3.8) is 0 Å². The maximum atomic E-state index is 12.1. The van der Waals surface area contributed by atoms with Crippen LogP contribution in [0.2, 0.25) is 0 Å². The number of anilines is 1. The molecule has 21 heavy (non-hydrogen) atoms. The predicted octanol–water partition coefficient (Wildman–Crippen LogP) is 1.49. The first-order chi connectivity index (χ1) is 10.0. The molecule has 0 aliphatic carbocycles. The van der Waals surface area contributed by atoms with Crippen LogP contribution < -0.4 is 10.2 Å². The SMILES string of the molecule is CCC1(CCNC)CN(c2ccc(C(=O)O)nc2)C(=O)O1. The highest BCUT2D eigenvalue weighted by Gasteiger charge is 2.44. The number of aromatic nitrogens is 1. The monoisotopic (exact) mass is 293 g/mol. The summed E-state index contributed by atoms with van der Waals surface area (Å²) in [7, 11) is 1.85. The second-order valence-corrected chi connectivity index (χ2v) is 5.05. The van der Waals surface area contributed by atoms with Gasteiger partial charge in [0.2, 0.25) is 0 Å². The predicted molar refractivity (Wildman–Crippen MR) is 76.6 cm³/mol. The number of hydrogen-bond acceptors (Lipinski definition) is 5. The summed E-state index contributed by atoms with van der Waals surface area (Å²) in [4.78, 5) is 28.2. The zero-order valence-corrected chi connectivity index (χ0v) is 12.1. The molecule has 1 aliphatic rings. The van der Waals surface area contributed by atoms with E-state index in [1.54, 1.807) is 6.07 Å². The fourth-order valence-electron chi connectivity index (χ4n) is 2.34. The van der Waals surface area contributed by atoms with E-state index in [9.17, 15) is 9.59 Å². The molecule has 0 spiro atoms. The molecule has 0 saturated carbocycles. The van der Waals surface area contributed by atoms with Crippen LogP contribution in [0, 0.1) is 0 Å². The van der Waals surface area contributed by atoms with Gasteiger partial charge in [-0.2, -0.15) is 0 Å². The molecule has 0 aromatic carbocycles. The quantitative estimate of drug-likeness (QED) is 0.825. The number of carboxylic acids is 1. The third-order valence-electron chi connectivity index (χ3n) is 3.72. The summed E-state index contributed by atoms with van der Waals surface area (Å²) in [6, 6.07) is 2.95. The summed E-state index contributed by atoms with van der Waals surface area (Å²) in [6.45, 7) is 3.18. The molecule has 1 aromatic heterocycles. The lowest BCUT2D eigenvalue weighted by Crippen LogP contribution is -2.36. The lowest BCUT2D eigenvalue weighted by atomic mass is 9.96. The highest BCUT2D eigenvalue weighted by atomic mass is 16.6. The van der Waals surface area contributed by atoms with E-state index in [4.69, 9.17) is 9.84 Å². The summed E-state index contributed by atoms with van der Waals surface area (Å²) in [5, 5.41) is 11.9. The van der Waals surface area contributed by atoms with Crippen LogP contribution in [0.25, 0.3) is 0 Å². The van der Waals surface area contributed by atoms with E-state index in [1.807, 2.05) is 14.0 Å². The first-order valence-corrected chi connectivity index (χ1v) is 6.86. The maximum absolute atomic E-state index is 12.1. The number of nitrogens with zero attached hydrogens (tertiary/aromatic N) is 2. The fourth-order valence-corrected chi connectivity index (χ4v) is 2.34. The lowest BCUT2D eigenvalue weighted by Gasteiger charge is -2.25. The molecular formula is C14H19N3O4. The van der Waals surface area contributed by atoms with Crippen molar-refractivity contribution in [2.45, 2.75) is 25.4 Å². The number of hydrogen-bond donors (Lipinski definition) is 2. The molecule has 0 bridgehead atoms. The maximum Gasteiger partial charge on any atom is 0.415 e. The van der Waals surface area contributed by atoms with Gasteiger partial charge in [0.25, 0.3) is 0 Å². The van der Waals surface area contributed by atoms with Crippen LogP contribution in [0.3, 0.4) is 0 Å². The van der Waals surface area contributed by atoms with E-state index in [1.165, 1.54) is 17.2 Å². The van der Waals surface area contributed by atoms with Gasteiger partial charge in [0.15, 0.2) is 0 Å². The Morgan fingerprint density at radius 1 is 1.57 bits per heavy atom. The first-order valence-electron chi connectivity index (χ1n) is 6.86. The molecule has 0 radical (unpaired) electrons. The standard InChI is InChI=1S/C14H19N3O4/c1-3-14(6-7-15-2)9-17(13(20)21-14)10-4-5-11(12(18)19)16-8-10/h4-5,8,15H,3,6-7,9H2,1-2H3,(H,18,19). The van der Waals surface area contributed by atoms with Crippen LogP contribution in [0.1, 0.15) is 30.3 Å². The Hall–Kier alpha value is -2.15. The molecule has 7 nitrogen and oxygen atoms in total. The second-order valence-electron chi connectivity index (χ2n) is 5.05. The Bertz CT molecular complexity index is 532. The van der Waals surface area contributed by atoms with Gasteiger partial charge >= 0.3 is 12.1 Å². The van der Waals surface area contributed by atoms with Crippen molar-refractivity contribution in [2.75, 3.05) is 25.0 Å². The molecule has 2 rings (SSSR count). The highest BCUT2D eigenvalue weighted by molar-refractivity contribution is 5.91. The van der Waals surface area contributed by atoms with Gasteiger partial charge in [-0.15, -0.1) is 0 Å². The van der Waals surface area contributed by atoms with Gasteiger partial charge < -0.3 is 15.2 Å². The number of ether oxygens (including phenoxy) is 1. The summed E-state index contributed by atoms with van der Waals surface area (Å²) in [6.07, 6.45) is 2.41. The van der Waals surface area contributed by atoms with Crippen molar-refractivity contribution >= 4 is 17.7 Å². The summed E-state index contributed by atoms with van der Waals surface area (Å²) < 4.78 is 5.55. The number of pyridine rings is 1. The van der Waals surface area contributed by atoms with Crippen LogP contribution in [0.5, 0.6) is 0 Å². The lowest BCUT2D eigenvalue weighted by molar-refractivity contribution is 0.0470. The van der Waals surface area contributed by atoms with Crippen LogP contribution >= 0.6 is 0 Å².